The van der Waals surface area contributed by atoms with E-state index in [1.807, 2.05) is 6.92 Å². The first-order valence-electron chi connectivity index (χ1n) is 6.39. The second-order valence-corrected chi connectivity index (χ2v) is 4.25. The number of hydrogen-bond donors (Lipinski definition) is 2. The second kappa shape index (κ2) is 8.24. The Labute approximate surface area is 112 Å². The quantitative estimate of drug-likeness (QED) is 0.733. The molecule has 2 N–H and O–H groups in total. The Balaban J connectivity index is 2.20. The van der Waals surface area contributed by atoms with Crippen LogP contribution < -0.4 is 10.6 Å². The van der Waals surface area contributed by atoms with E-state index >= 15 is 0 Å². The lowest BCUT2D eigenvalue weighted by molar-refractivity contribution is -0.129. The fourth-order valence-corrected chi connectivity index (χ4v) is 1.53. The number of carbonyl (C=O) groups excluding carboxylic acids is 2. The van der Waals surface area contributed by atoms with Crippen molar-refractivity contribution in [3.8, 4) is 0 Å². The van der Waals surface area contributed by atoms with Gasteiger partial charge in [-0.25, -0.2) is 4.39 Å². The molecule has 1 aromatic carbocycles. The molecule has 0 unspecified atom stereocenters. The van der Waals surface area contributed by atoms with Crippen LogP contribution in [0.15, 0.2) is 24.3 Å². The zero-order valence-electron chi connectivity index (χ0n) is 11.0. The molecule has 0 saturated heterocycles. The van der Waals surface area contributed by atoms with Gasteiger partial charge in [0.2, 0.25) is 11.8 Å². The van der Waals surface area contributed by atoms with Crippen molar-refractivity contribution in [1.29, 1.82) is 0 Å². The van der Waals surface area contributed by atoms with E-state index in [4.69, 9.17) is 0 Å². The van der Waals surface area contributed by atoms with Crippen molar-refractivity contribution in [2.24, 2.45) is 0 Å². The molecule has 0 aromatic heterocycles. The van der Waals surface area contributed by atoms with Crippen LogP contribution in [0.5, 0.6) is 0 Å². The van der Waals surface area contributed by atoms with Gasteiger partial charge in [-0.2, -0.15) is 0 Å². The van der Waals surface area contributed by atoms with Crippen LogP contribution in [0.2, 0.25) is 0 Å². The summed E-state index contributed by atoms with van der Waals surface area (Å²) in [6.07, 6.45) is 1.31. The first-order valence-corrected chi connectivity index (χ1v) is 6.39. The van der Waals surface area contributed by atoms with Gasteiger partial charge in [0.15, 0.2) is 0 Å². The van der Waals surface area contributed by atoms with Crippen molar-refractivity contribution in [2.75, 3.05) is 13.1 Å². The van der Waals surface area contributed by atoms with Gasteiger partial charge in [-0.3, -0.25) is 9.59 Å². The lowest BCUT2D eigenvalue weighted by Crippen LogP contribution is -2.33. The first-order chi connectivity index (χ1) is 9.11. The van der Waals surface area contributed by atoms with Crippen molar-refractivity contribution in [2.45, 2.75) is 26.2 Å². The first kappa shape index (κ1) is 15.1. The molecular weight excluding hydrogens is 247 g/mol. The van der Waals surface area contributed by atoms with Gasteiger partial charge in [-0.05, 0) is 30.5 Å². The molecule has 0 spiro atoms. The number of amides is 2. The summed E-state index contributed by atoms with van der Waals surface area (Å²) in [4.78, 5) is 22.7. The smallest absolute Gasteiger partial charge is 0.229 e. The fourth-order valence-electron chi connectivity index (χ4n) is 1.53. The number of benzene rings is 1. The molecule has 0 saturated carbocycles. The summed E-state index contributed by atoms with van der Waals surface area (Å²) in [5, 5.41) is 5.30. The normalized spacial score (nSPS) is 10.0. The molecule has 1 rings (SSSR count). The van der Waals surface area contributed by atoms with Gasteiger partial charge in [-0.15, -0.1) is 0 Å². The van der Waals surface area contributed by atoms with Crippen LogP contribution in [-0.4, -0.2) is 24.9 Å². The number of halogens is 1. The third-order valence-electron chi connectivity index (χ3n) is 2.54. The van der Waals surface area contributed by atoms with Crippen molar-refractivity contribution in [3.05, 3.63) is 35.6 Å². The van der Waals surface area contributed by atoms with E-state index in [-0.39, 0.29) is 24.1 Å². The summed E-state index contributed by atoms with van der Waals surface area (Å²) in [6.45, 7) is 2.97. The van der Waals surface area contributed by atoms with Crippen molar-refractivity contribution >= 4 is 11.8 Å². The topological polar surface area (TPSA) is 58.2 Å². The third-order valence-corrected chi connectivity index (χ3v) is 2.54. The van der Waals surface area contributed by atoms with Crippen molar-refractivity contribution in [1.82, 2.24) is 10.6 Å². The van der Waals surface area contributed by atoms with Crippen LogP contribution in [0.25, 0.3) is 0 Å². The van der Waals surface area contributed by atoms with Crippen LogP contribution >= 0.6 is 0 Å². The van der Waals surface area contributed by atoms with Crippen LogP contribution in [0, 0.1) is 5.82 Å². The molecule has 5 heteroatoms. The van der Waals surface area contributed by atoms with Gasteiger partial charge in [0.05, 0.1) is 0 Å². The summed E-state index contributed by atoms with van der Waals surface area (Å²) >= 11 is 0. The molecule has 0 aliphatic heterocycles. The number of carbonyl (C=O) groups is 2. The molecule has 0 radical (unpaired) electrons. The van der Waals surface area contributed by atoms with Crippen LogP contribution in [0.3, 0.4) is 0 Å². The average molecular weight is 266 g/mol. The molecular formula is C14H19FN2O2. The van der Waals surface area contributed by atoms with Crippen molar-refractivity contribution < 1.29 is 14.0 Å². The monoisotopic (exact) mass is 266 g/mol. The maximum absolute atomic E-state index is 12.7. The fraction of sp³-hybridized carbons (Fsp3) is 0.429. The second-order valence-electron chi connectivity index (χ2n) is 4.25. The van der Waals surface area contributed by atoms with Crippen LogP contribution in [0.1, 0.15) is 25.3 Å². The third kappa shape index (κ3) is 6.55. The molecule has 0 aliphatic rings. The Kier molecular flexibility index (Phi) is 6.57. The molecule has 0 bridgehead atoms. The zero-order chi connectivity index (χ0) is 14.1. The molecule has 1 aromatic rings. The highest BCUT2D eigenvalue weighted by Gasteiger charge is 2.07. The predicted molar refractivity (Wildman–Crippen MR) is 71.0 cm³/mol. The summed E-state index contributed by atoms with van der Waals surface area (Å²) in [7, 11) is 0. The number of rotatable bonds is 7. The summed E-state index contributed by atoms with van der Waals surface area (Å²) in [6, 6.07) is 6.12. The highest BCUT2D eigenvalue weighted by atomic mass is 19.1. The van der Waals surface area contributed by atoms with Gasteiger partial charge in [0.25, 0.3) is 0 Å². The molecule has 0 fully saturated rings. The summed E-state index contributed by atoms with van der Waals surface area (Å²) in [5.74, 6) is -0.836. The van der Waals surface area contributed by atoms with Crippen LogP contribution in [-0.2, 0) is 16.0 Å². The number of nitrogens with one attached hydrogen (secondary N) is 2. The Morgan fingerprint density at radius 3 is 2.21 bits per heavy atom. The van der Waals surface area contributed by atoms with Gasteiger partial charge >= 0.3 is 0 Å². The van der Waals surface area contributed by atoms with E-state index in [9.17, 15) is 14.0 Å². The Hall–Kier alpha value is -1.91. The van der Waals surface area contributed by atoms with E-state index in [0.29, 0.717) is 19.5 Å². The lowest BCUT2D eigenvalue weighted by atomic mass is 10.1. The lowest BCUT2D eigenvalue weighted by Gasteiger charge is -2.06. The summed E-state index contributed by atoms with van der Waals surface area (Å²) in [5.41, 5.74) is 0.942. The molecule has 0 heterocycles. The molecule has 0 atom stereocenters. The largest absolute Gasteiger partial charge is 0.356 e. The molecule has 0 aliphatic carbocycles. The summed E-state index contributed by atoms with van der Waals surface area (Å²) < 4.78 is 12.7. The Morgan fingerprint density at radius 1 is 1.05 bits per heavy atom. The highest BCUT2D eigenvalue weighted by Crippen LogP contribution is 2.02. The number of hydrogen-bond acceptors (Lipinski definition) is 2. The molecule has 2 amide bonds. The standard InChI is InChI=1S/C14H19FN2O2/c1-2-8-16-13(18)10-14(19)17-9-7-11-3-5-12(15)6-4-11/h3-6H,2,7-10H2,1H3,(H,16,18)(H,17,19). The van der Waals surface area contributed by atoms with Gasteiger partial charge in [-0.1, -0.05) is 19.1 Å². The van der Waals surface area contributed by atoms with Gasteiger partial charge in [0, 0.05) is 13.1 Å². The zero-order valence-corrected chi connectivity index (χ0v) is 11.0. The van der Waals surface area contributed by atoms with E-state index in [2.05, 4.69) is 10.6 Å². The average Bonchev–Trinajstić information content (AvgIpc) is 2.38. The van der Waals surface area contributed by atoms with E-state index < -0.39 is 0 Å². The highest BCUT2D eigenvalue weighted by molar-refractivity contribution is 5.96. The van der Waals surface area contributed by atoms with Gasteiger partial charge < -0.3 is 10.6 Å². The molecule has 19 heavy (non-hydrogen) atoms. The van der Waals surface area contributed by atoms with Crippen LogP contribution in [0.4, 0.5) is 4.39 Å². The minimum absolute atomic E-state index is 0.149. The van der Waals surface area contributed by atoms with Gasteiger partial charge in [0.1, 0.15) is 12.2 Å². The molecule has 4 nitrogen and oxygen atoms in total. The SMILES string of the molecule is CCCNC(=O)CC(=O)NCCc1ccc(F)cc1. The Bertz CT molecular complexity index is 418. The van der Waals surface area contributed by atoms with Crippen molar-refractivity contribution in [3.63, 3.8) is 0 Å². The van der Waals surface area contributed by atoms with E-state index in [1.165, 1.54) is 12.1 Å². The minimum atomic E-state index is -0.296. The maximum atomic E-state index is 12.7. The molecule has 104 valence electrons. The Morgan fingerprint density at radius 2 is 1.63 bits per heavy atom. The van der Waals surface area contributed by atoms with E-state index in [0.717, 1.165) is 12.0 Å². The maximum Gasteiger partial charge on any atom is 0.229 e. The minimum Gasteiger partial charge on any atom is -0.356 e. The van der Waals surface area contributed by atoms with E-state index in [1.54, 1.807) is 12.1 Å². The predicted octanol–water partition coefficient (Wildman–Crippen LogP) is 1.40.